The number of nitrogens with zero attached hydrogens (tertiary/aromatic N) is 1. The van der Waals surface area contributed by atoms with Crippen molar-refractivity contribution in [3.05, 3.63) is 10.1 Å². The van der Waals surface area contributed by atoms with Crippen molar-refractivity contribution < 1.29 is 14.4 Å². The topological polar surface area (TPSA) is 46.6 Å². The molecule has 90 valence electrons. The molecule has 0 aromatic heterocycles. The van der Waals surface area contributed by atoms with Crippen LogP contribution in [0.5, 0.6) is 0 Å². The molecule has 0 atom stereocenters. The number of hydrogen-bond acceptors (Lipinski definition) is 3. The van der Waals surface area contributed by atoms with Crippen LogP contribution in [-0.2, 0) is 14.4 Å². The maximum Gasteiger partial charge on any atom is 0.253 e. The zero-order valence-electron chi connectivity index (χ0n) is 9.59. The van der Waals surface area contributed by atoms with Crippen LogP contribution in [0.2, 0.25) is 0 Å². The standard InChI is InChI=1S/C11H16BrNO3/c1-13(16-2)11(15)7-10(14)8-5-3-4-6-9(8)12/h3-7H2,1-2H3. The largest absolute Gasteiger partial charge is 0.294 e. The predicted molar refractivity (Wildman–Crippen MR) is 63.8 cm³/mol. The summed E-state index contributed by atoms with van der Waals surface area (Å²) in [4.78, 5) is 28.1. The lowest BCUT2D eigenvalue weighted by Crippen LogP contribution is -2.28. The molecule has 1 rings (SSSR count). The third-order valence-corrected chi connectivity index (χ3v) is 3.55. The Labute approximate surface area is 104 Å². The number of amides is 1. The van der Waals surface area contributed by atoms with E-state index in [1.165, 1.54) is 14.2 Å². The molecule has 0 fully saturated rings. The highest BCUT2D eigenvalue weighted by Gasteiger charge is 2.21. The lowest BCUT2D eigenvalue weighted by molar-refractivity contribution is -0.169. The summed E-state index contributed by atoms with van der Waals surface area (Å²) in [5.41, 5.74) is 0.768. The van der Waals surface area contributed by atoms with Crippen molar-refractivity contribution in [3.63, 3.8) is 0 Å². The van der Waals surface area contributed by atoms with E-state index in [9.17, 15) is 9.59 Å². The van der Waals surface area contributed by atoms with Gasteiger partial charge in [-0.1, -0.05) is 15.9 Å². The number of ketones is 1. The van der Waals surface area contributed by atoms with Crippen molar-refractivity contribution in [1.29, 1.82) is 0 Å². The molecule has 0 saturated heterocycles. The molecular weight excluding hydrogens is 274 g/mol. The van der Waals surface area contributed by atoms with Crippen molar-refractivity contribution >= 4 is 27.6 Å². The molecule has 1 amide bonds. The number of carbonyl (C=O) groups is 2. The molecule has 0 heterocycles. The van der Waals surface area contributed by atoms with E-state index in [0.717, 1.165) is 40.8 Å². The Balaban J connectivity index is 2.62. The first-order valence-corrected chi connectivity index (χ1v) is 6.07. The molecular formula is C11H16BrNO3. The van der Waals surface area contributed by atoms with Crippen LogP contribution in [0.4, 0.5) is 0 Å². The van der Waals surface area contributed by atoms with Crippen LogP contribution in [0.15, 0.2) is 10.1 Å². The molecule has 4 nitrogen and oxygen atoms in total. The van der Waals surface area contributed by atoms with Gasteiger partial charge in [0.05, 0.1) is 13.5 Å². The van der Waals surface area contributed by atoms with Crippen LogP contribution in [0.25, 0.3) is 0 Å². The van der Waals surface area contributed by atoms with Crippen LogP contribution in [-0.4, -0.2) is 30.9 Å². The number of carbonyl (C=O) groups excluding carboxylic acids is 2. The van der Waals surface area contributed by atoms with Gasteiger partial charge in [0.15, 0.2) is 5.78 Å². The van der Waals surface area contributed by atoms with Crippen molar-refractivity contribution in [2.75, 3.05) is 14.2 Å². The van der Waals surface area contributed by atoms with Crippen LogP contribution >= 0.6 is 15.9 Å². The lowest BCUT2D eigenvalue weighted by Gasteiger charge is -2.17. The minimum absolute atomic E-state index is 0.0968. The molecule has 5 heteroatoms. The number of allylic oxidation sites excluding steroid dienone is 2. The van der Waals surface area contributed by atoms with Crippen LogP contribution < -0.4 is 0 Å². The van der Waals surface area contributed by atoms with E-state index in [2.05, 4.69) is 15.9 Å². The number of halogens is 1. The number of hydrogen-bond donors (Lipinski definition) is 0. The highest BCUT2D eigenvalue weighted by Crippen LogP contribution is 2.29. The van der Waals surface area contributed by atoms with E-state index >= 15 is 0 Å². The van der Waals surface area contributed by atoms with Gasteiger partial charge in [0.1, 0.15) is 0 Å². The summed E-state index contributed by atoms with van der Waals surface area (Å²) in [6.45, 7) is 0. The first-order valence-electron chi connectivity index (χ1n) is 5.27. The second-order valence-electron chi connectivity index (χ2n) is 3.76. The van der Waals surface area contributed by atoms with Crippen LogP contribution in [0, 0.1) is 0 Å². The van der Waals surface area contributed by atoms with E-state index in [1.807, 2.05) is 0 Å². The second kappa shape index (κ2) is 6.15. The summed E-state index contributed by atoms with van der Waals surface area (Å²) >= 11 is 3.40. The highest BCUT2D eigenvalue weighted by atomic mass is 79.9. The number of rotatable bonds is 4. The first kappa shape index (κ1) is 13.4. The van der Waals surface area contributed by atoms with Gasteiger partial charge in [-0.3, -0.25) is 14.4 Å². The average molecular weight is 290 g/mol. The van der Waals surface area contributed by atoms with Gasteiger partial charge in [-0.15, -0.1) is 0 Å². The van der Waals surface area contributed by atoms with Gasteiger partial charge in [0.25, 0.3) is 5.91 Å². The molecule has 0 radical (unpaired) electrons. The molecule has 0 aliphatic heterocycles. The van der Waals surface area contributed by atoms with Gasteiger partial charge in [-0.05, 0) is 25.7 Å². The van der Waals surface area contributed by atoms with E-state index in [4.69, 9.17) is 4.84 Å². The maximum atomic E-state index is 11.8. The van der Waals surface area contributed by atoms with Gasteiger partial charge in [0, 0.05) is 17.1 Å². The maximum absolute atomic E-state index is 11.8. The van der Waals surface area contributed by atoms with Gasteiger partial charge < -0.3 is 0 Å². The quantitative estimate of drug-likeness (QED) is 0.589. The summed E-state index contributed by atoms with van der Waals surface area (Å²) in [5.74, 6) is -0.411. The molecule has 0 bridgehead atoms. The Hall–Kier alpha value is -0.680. The Kier molecular flexibility index (Phi) is 5.15. The van der Waals surface area contributed by atoms with E-state index < -0.39 is 0 Å². The average Bonchev–Trinajstić information content (AvgIpc) is 2.28. The molecule has 0 unspecified atom stereocenters. The Bertz CT molecular complexity index is 325. The minimum atomic E-state index is -0.314. The first-order chi connectivity index (χ1) is 7.56. The molecule has 16 heavy (non-hydrogen) atoms. The van der Waals surface area contributed by atoms with Gasteiger partial charge in [-0.2, -0.15) is 0 Å². The van der Waals surface area contributed by atoms with Gasteiger partial charge in [0.2, 0.25) is 0 Å². The third-order valence-electron chi connectivity index (χ3n) is 2.67. The highest BCUT2D eigenvalue weighted by molar-refractivity contribution is 9.11. The zero-order valence-corrected chi connectivity index (χ0v) is 11.2. The number of Topliss-reactive ketones (excluding diaryl/α,β-unsaturated/α-hetero) is 1. The van der Waals surface area contributed by atoms with Crippen LogP contribution in [0.3, 0.4) is 0 Å². The molecule has 1 aliphatic rings. The van der Waals surface area contributed by atoms with E-state index in [-0.39, 0.29) is 18.1 Å². The van der Waals surface area contributed by atoms with Crippen LogP contribution in [0.1, 0.15) is 32.1 Å². The Morgan fingerprint density at radius 2 is 2.00 bits per heavy atom. The Morgan fingerprint density at radius 1 is 1.38 bits per heavy atom. The molecule has 0 saturated carbocycles. The summed E-state index contributed by atoms with van der Waals surface area (Å²) < 4.78 is 0.955. The van der Waals surface area contributed by atoms with Crippen molar-refractivity contribution in [3.8, 4) is 0 Å². The SMILES string of the molecule is CON(C)C(=O)CC(=O)C1=C(Br)CCCC1. The van der Waals surface area contributed by atoms with Gasteiger partial charge >= 0.3 is 0 Å². The minimum Gasteiger partial charge on any atom is -0.294 e. The second-order valence-corrected chi connectivity index (χ2v) is 4.72. The number of hydroxylamine groups is 2. The van der Waals surface area contributed by atoms with Crippen molar-refractivity contribution in [2.24, 2.45) is 0 Å². The fourth-order valence-electron chi connectivity index (χ4n) is 1.62. The van der Waals surface area contributed by atoms with Crippen molar-refractivity contribution in [1.82, 2.24) is 5.06 Å². The monoisotopic (exact) mass is 289 g/mol. The molecule has 0 N–H and O–H groups in total. The lowest BCUT2D eigenvalue weighted by atomic mass is 9.95. The summed E-state index contributed by atoms with van der Waals surface area (Å²) in [5, 5.41) is 1.08. The smallest absolute Gasteiger partial charge is 0.253 e. The normalized spacial score (nSPS) is 16.2. The summed E-state index contributed by atoms with van der Waals surface area (Å²) in [6, 6.07) is 0. The third kappa shape index (κ3) is 3.42. The van der Waals surface area contributed by atoms with E-state index in [0.29, 0.717) is 0 Å². The Morgan fingerprint density at radius 3 is 2.56 bits per heavy atom. The molecule has 1 aliphatic carbocycles. The summed E-state index contributed by atoms with van der Waals surface area (Å²) in [7, 11) is 2.90. The summed E-state index contributed by atoms with van der Waals surface area (Å²) in [6.07, 6.45) is 3.67. The van der Waals surface area contributed by atoms with Crippen molar-refractivity contribution in [2.45, 2.75) is 32.1 Å². The molecule has 0 aromatic rings. The van der Waals surface area contributed by atoms with E-state index in [1.54, 1.807) is 0 Å². The molecule has 0 spiro atoms. The zero-order chi connectivity index (χ0) is 12.1. The fourth-order valence-corrected chi connectivity index (χ4v) is 2.32. The van der Waals surface area contributed by atoms with Gasteiger partial charge in [-0.25, -0.2) is 5.06 Å². The fraction of sp³-hybridized carbons (Fsp3) is 0.636. The molecule has 0 aromatic carbocycles. The predicted octanol–water partition coefficient (Wildman–Crippen LogP) is 2.19.